The number of anilines is 2. The van der Waals surface area contributed by atoms with Crippen LogP contribution in [0.25, 0.3) is 0 Å². The van der Waals surface area contributed by atoms with Gasteiger partial charge in [0.15, 0.2) is 11.9 Å². The summed E-state index contributed by atoms with van der Waals surface area (Å²) in [6.45, 7) is 3.49. The zero-order chi connectivity index (χ0) is 20.3. The number of carbonyl (C=O) groups excluding carboxylic acids is 2. The van der Waals surface area contributed by atoms with E-state index in [0.717, 1.165) is 16.9 Å². The molecule has 1 unspecified atom stereocenters. The Morgan fingerprint density at radius 2 is 1.96 bits per heavy atom. The molecule has 1 aliphatic rings. The number of benzene rings is 1. The normalized spacial score (nSPS) is 15.6. The number of pyridine rings is 1. The molecule has 0 saturated carbocycles. The Morgan fingerprint density at radius 1 is 1.25 bits per heavy atom. The number of hydrogen-bond donors (Lipinski definition) is 1. The molecule has 9 nitrogen and oxygen atoms in total. The third-order valence-corrected chi connectivity index (χ3v) is 4.40. The van der Waals surface area contributed by atoms with Gasteiger partial charge in [-0.25, -0.2) is 0 Å². The van der Waals surface area contributed by atoms with Crippen molar-refractivity contribution in [2.24, 2.45) is 0 Å². The number of amides is 2. The van der Waals surface area contributed by atoms with Crippen LogP contribution in [0.5, 0.6) is 5.75 Å². The summed E-state index contributed by atoms with van der Waals surface area (Å²) in [7, 11) is 0. The molecule has 2 amide bonds. The topological polar surface area (TPSA) is 115 Å². The average molecular weight is 384 g/mol. The van der Waals surface area contributed by atoms with Crippen molar-refractivity contribution in [2.75, 3.05) is 16.8 Å². The quantitative estimate of drug-likeness (QED) is 0.605. The Hall–Kier alpha value is -3.49. The maximum absolute atomic E-state index is 12.7. The first kappa shape index (κ1) is 19.3. The number of hydrogen-bond acceptors (Lipinski definition) is 6. The van der Waals surface area contributed by atoms with Crippen LogP contribution in [0.2, 0.25) is 0 Å². The smallest absolute Gasteiger partial charge is 0.366 e. The number of aryl methyl sites for hydroxylation is 1. The average Bonchev–Trinajstić information content (AvgIpc) is 2.70. The molecule has 2 aromatic rings. The summed E-state index contributed by atoms with van der Waals surface area (Å²) in [5, 5.41) is 13.8. The number of rotatable bonds is 6. The van der Waals surface area contributed by atoms with E-state index in [2.05, 4.69) is 10.3 Å². The van der Waals surface area contributed by atoms with Gasteiger partial charge < -0.3 is 20.2 Å². The van der Waals surface area contributed by atoms with Gasteiger partial charge >= 0.3 is 5.82 Å². The largest absolute Gasteiger partial charge is 0.474 e. The van der Waals surface area contributed by atoms with Gasteiger partial charge in [-0.15, -0.1) is 0 Å². The number of nitrogens with zero attached hydrogens (tertiary/aromatic N) is 3. The van der Waals surface area contributed by atoms with Crippen LogP contribution >= 0.6 is 0 Å². The van der Waals surface area contributed by atoms with Gasteiger partial charge in [0.2, 0.25) is 5.91 Å². The molecule has 1 aliphatic heterocycles. The van der Waals surface area contributed by atoms with E-state index in [9.17, 15) is 19.7 Å². The Balaban J connectivity index is 1.84. The van der Waals surface area contributed by atoms with Crippen molar-refractivity contribution >= 4 is 29.1 Å². The molecule has 28 heavy (non-hydrogen) atoms. The van der Waals surface area contributed by atoms with Crippen LogP contribution in [0.4, 0.5) is 17.3 Å². The van der Waals surface area contributed by atoms with E-state index in [0.29, 0.717) is 12.1 Å². The fourth-order valence-corrected chi connectivity index (χ4v) is 2.87. The molecule has 9 heteroatoms. The van der Waals surface area contributed by atoms with E-state index in [-0.39, 0.29) is 18.1 Å². The molecule has 0 aliphatic carbocycles. The van der Waals surface area contributed by atoms with Crippen LogP contribution in [0.15, 0.2) is 36.4 Å². The molecular formula is C19H20N4O5. The van der Waals surface area contributed by atoms with Crippen LogP contribution in [0.1, 0.15) is 25.8 Å². The fourth-order valence-electron chi connectivity index (χ4n) is 2.87. The minimum Gasteiger partial charge on any atom is -0.474 e. The van der Waals surface area contributed by atoms with E-state index in [1.54, 1.807) is 19.1 Å². The van der Waals surface area contributed by atoms with Crippen molar-refractivity contribution in [3.8, 4) is 5.75 Å². The maximum atomic E-state index is 12.7. The van der Waals surface area contributed by atoms with Gasteiger partial charge in [-0.1, -0.05) is 26.0 Å². The maximum Gasteiger partial charge on any atom is 0.366 e. The standard InChI is InChI=1S/C19H20N4O5/c1-3-12-5-7-13(8-6-12)20-17(24)11-22-18-15(28-14(4-2)19(22)25)9-10-16(21-18)23(26)27/h5-10,14H,3-4,11H2,1-2H3,(H,20,24). The van der Waals surface area contributed by atoms with Crippen molar-refractivity contribution < 1.29 is 19.2 Å². The molecule has 0 spiro atoms. The van der Waals surface area contributed by atoms with Crippen molar-refractivity contribution in [1.29, 1.82) is 0 Å². The molecule has 1 atom stereocenters. The van der Waals surface area contributed by atoms with Crippen molar-refractivity contribution in [3.05, 3.63) is 52.1 Å². The van der Waals surface area contributed by atoms with E-state index < -0.39 is 28.7 Å². The van der Waals surface area contributed by atoms with Gasteiger partial charge in [0.25, 0.3) is 11.7 Å². The number of fused-ring (bicyclic) bond motifs is 1. The molecule has 3 rings (SSSR count). The lowest BCUT2D eigenvalue weighted by atomic mass is 10.1. The van der Waals surface area contributed by atoms with Crippen LogP contribution in [0.3, 0.4) is 0 Å². The second-order valence-corrected chi connectivity index (χ2v) is 6.29. The molecular weight excluding hydrogens is 364 g/mol. The molecule has 146 valence electrons. The lowest BCUT2D eigenvalue weighted by Crippen LogP contribution is -2.49. The Morgan fingerprint density at radius 3 is 2.57 bits per heavy atom. The molecule has 2 heterocycles. The molecule has 0 saturated heterocycles. The molecule has 0 radical (unpaired) electrons. The van der Waals surface area contributed by atoms with E-state index in [1.807, 2.05) is 19.1 Å². The fraction of sp³-hybridized carbons (Fsp3) is 0.316. The second-order valence-electron chi connectivity index (χ2n) is 6.29. The monoisotopic (exact) mass is 384 g/mol. The van der Waals surface area contributed by atoms with Gasteiger partial charge in [0.05, 0.1) is 0 Å². The third-order valence-electron chi connectivity index (χ3n) is 4.40. The highest BCUT2D eigenvalue weighted by Crippen LogP contribution is 2.34. The van der Waals surface area contributed by atoms with E-state index in [1.165, 1.54) is 12.1 Å². The van der Waals surface area contributed by atoms with Crippen molar-refractivity contribution in [3.63, 3.8) is 0 Å². The predicted octanol–water partition coefficient (Wildman–Crippen LogP) is 2.69. The number of carbonyl (C=O) groups is 2. The summed E-state index contributed by atoms with van der Waals surface area (Å²) in [6, 6.07) is 9.97. The van der Waals surface area contributed by atoms with Gasteiger partial charge in [0.1, 0.15) is 6.54 Å². The minimum absolute atomic E-state index is 0.0274. The van der Waals surface area contributed by atoms with Crippen LogP contribution in [-0.4, -0.2) is 34.4 Å². The first-order chi connectivity index (χ1) is 13.4. The summed E-state index contributed by atoms with van der Waals surface area (Å²) in [6.07, 6.45) is 0.509. The third kappa shape index (κ3) is 3.93. The highest BCUT2D eigenvalue weighted by Gasteiger charge is 2.39. The van der Waals surface area contributed by atoms with Crippen LogP contribution < -0.4 is 15.0 Å². The number of nitro groups is 1. The number of nitrogens with one attached hydrogen (secondary N) is 1. The van der Waals surface area contributed by atoms with Gasteiger partial charge in [-0.3, -0.25) is 14.5 Å². The molecule has 1 N–H and O–H groups in total. The minimum atomic E-state index is -0.771. The SMILES string of the molecule is CCc1ccc(NC(=O)CN2C(=O)C(CC)Oc3ccc([N+](=O)[O-])nc32)cc1. The summed E-state index contributed by atoms with van der Waals surface area (Å²) in [5.41, 5.74) is 1.74. The Labute approximate surface area is 161 Å². The summed E-state index contributed by atoms with van der Waals surface area (Å²) in [5.74, 6) is -1.11. The van der Waals surface area contributed by atoms with Crippen molar-refractivity contribution in [1.82, 2.24) is 4.98 Å². The first-order valence-corrected chi connectivity index (χ1v) is 8.95. The highest BCUT2D eigenvalue weighted by atomic mass is 16.6. The molecule has 0 fully saturated rings. The van der Waals surface area contributed by atoms with Gasteiger partial charge in [0, 0.05) is 11.8 Å². The Bertz CT molecular complexity index is 913. The summed E-state index contributed by atoms with van der Waals surface area (Å²) in [4.78, 5) is 40.6. The highest BCUT2D eigenvalue weighted by molar-refractivity contribution is 6.05. The lowest BCUT2D eigenvalue weighted by Gasteiger charge is -2.30. The number of aromatic nitrogens is 1. The number of ether oxygens (including phenoxy) is 1. The second kappa shape index (κ2) is 8.03. The van der Waals surface area contributed by atoms with Crippen LogP contribution in [0, 0.1) is 10.1 Å². The van der Waals surface area contributed by atoms with Crippen molar-refractivity contribution in [2.45, 2.75) is 32.8 Å². The zero-order valence-corrected chi connectivity index (χ0v) is 15.5. The van der Waals surface area contributed by atoms with E-state index in [4.69, 9.17) is 4.74 Å². The first-order valence-electron chi connectivity index (χ1n) is 8.95. The zero-order valence-electron chi connectivity index (χ0n) is 15.5. The predicted molar refractivity (Wildman–Crippen MR) is 102 cm³/mol. The molecule has 1 aromatic heterocycles. The molecule has 0 bridgehead atoms. The summed E-state index contributed by atoms with van der Waals surface area (Å²) >= 11 is 0. The summed E-state index contributed by atoms with van der Waals surface area (Å²) < 4.78 is 5.58. The molecule has 1 aromatic carbocycles. The van der Waals surface area contributed by atoms with Gasteiger partial charge in [-0.2, -0.15) is 0 Å². The van der Waals surface area contributed by atoms with Crippen LogP contribution in [-0.2, 0) is 16.0 Å². The van der Waals surface area contributed by atoms with E-state index >= 15 is 0 Å². The Kier molecular flexibility index (Phi) is 5.53. The van der Waals surface area contributed by atoms with Gasteiger partial charge in [-0.05, 0) is 46.5 Å². The lowest BCUT2D eigenvalue weighted by molar-refractivity contribution is -0.389.